The summed E-state index contributed by atoms with van der Waals surface area (Å²) in [6.45, 7) is 0. The number of alkyl halides is 3. The predicted molar refractivity (Wildman–Crippen MR) is 74.8 cm³/mol. The van der Waals surface area contributed by atoms with E-state index in [1.807, 2.05) is 0 Å². The van der Waals surface area contributed by atoms with E-state index in [2.05, 4.69) is 0 Å². The first-order chi connectivity index (χ1) is 10.4. The lowest BCUT2D eigenvalue weighted by Crippen LogP contribution is -2.09. The molecule has 0 bridgehead atoms. The molecular weight excluding hydrogens is 297 g/mol. The fraction of sp³-hybridized carbons (Fsp3) is 0.0667. The number of nitro groups is 1. The number of aromatic nitrogens is 1. The van der Waals surface area contributed by atoms with Crippen molar-refractivity contribution >= 4 is 10.9 Å². The van der Waals surface area contributed by atoms with E-state index in [1.165, 1.54) is 12.1 Å². The number of hydrogen-bond donors (Lipinski definition) is 0. The summed E-state index contributed by atoms with van der Waals surface area (Å²) in [6, 6.07) is 12.6. The normalized spacial score (nSPS) is 11.8. The molecule has 0 aliphatic heterocycles. The Kier molecular flexibility index (Phi) is 3.13. The highest BCUT2D eigenvalue weighted by Gasteiger charge is 2.30. The average Bonchev–Trinajstić information content (AvgIpc) is 2.86. The van der Waals surface area contributed by atoms with Gasteiger partial charge in [0.25, 0.3) is 0 Å². The zero-order chi connectivity index (χ0) is 15.9. The summed E-state index contributed by atoms with van der Waals surface area (Å²) >= 11 is 0. The van der Waals surface area contributed by atoms with E-state index in [0.717, 1.165) is 16.8 Å². The van der Waals surface area contributed by atoms with Gasteiger partial charge in [0.2, 0.25) is 0 Å². The topological polar surface area (TPSA) is 48.1 Å². The van der Waals surface area contributed by atoms with Gasteiger partial charge in [0.05, 0.1) is 5.56 Å². The highest BCUT2D eigenvalue weighted by molar-refractivity contribution is 5.86. The number of hydrogen-bond acceptors (Lipinski definition) is 2. The van der Waals surface area contributed by atoms with E-state index in [-0.39, 0.29) is 5.69 Å². The van der Waals surface area contributed by atoms with Crippen molar-refractivity contribution in [2.24, 2.45) is 0 Å². The Hall–Kier alpha value is -2.83. The van der Waals surface area contributed by atoms with E-state index >= 15 is 0 Å². The number of benzene rings is 2. The molecule has 1 aromatic heterocycles. The number of rotatable bonds is 2. The van der Waals surface area contributed by atoms with E-state index < -0.39 is 16.8 Å². The third kappa shape index (κ3) is 2.30. The standard InChI is InChI=1S/C15H9F3N2O2/c16-15(17,18)12-7-5-10(6-8-12)14-9-11-3-1-2-4-13(11)19(14)20(21)22/h1-9H. The molecule has 0 saturated carbocycles. The van der Waals surface area contributed by atoms with Crippen LogP contribution in [0.5, 0.6) is 0 Å². The highest BCUT2D eigenvalue weighted by atomic mass is 19.4. The predicted octanol–water partition coefficient (Wildman–Crippen LogP) is 4.37. The summed E-state index contributed by atoms with van der Waals surface area (Å²) in [4.78, 5) is 11.3. The van der Waals surface area contributed by atoms with Gasteiger partial charge in [-0.1, -0.05) is 35.0 Å². The molecule has 1 heterocycles. The molecule has 2 aromatic carbocycles. The monoisotopic (exact) mass is 306 g/mol. The summed E-state index contributed by atoms with van der Waals surface area (Å²) < 4.78 is 38.6. The Bertz CT molecular complexity index is 851. The molecule has 0 N–H and O–H groups in total. The van der Waals surface area contributed by atoms with Crippen molar-refractivity contribution < 1.29 is 18.2 Å². The highest BCUT2D eigenvalue weighted by Crippen LogP contribution is 2.32. The Balaban J connectivity index is 2.18. The van der Waals surface area contributed by atoms with E-state index in [4.69, 9.17) is 0 Å². The second-order valence-electron chi connectivity index (χ2n) is 4.71. The lowest BCUT2D eigenvalue weighted by Gasteiger charge is -2.07. The second-order valence-corrected chi connectivity index (χ2v) is 4.71. The van der Waals surface area contributed by atoms with Crippen LogP contribution in [0.3, 0.4) is 0 Å². The maximum Gasteiger partial charge on any atom is 0.416 e. The molecule has 0 fully saturated rings. The molecule has 0 radical (unpaired) electrons. The van der Waals surface area contributed by atoms with Gasteiger partial charge in [-0.2, -0.15) is 13.2 Å². The molecule has 4 nitrogen and oxygen atoms in total. The van der Waals surface area contributed by atoms with Gasteiger partial charge in [0.1, 0.15) is 11.2 Å². The summed E-state index contributed by atoms with van der Waals surface area (Å²) in [5, 5.41) is 11.3. The van der Waals surface area contributed by atoms with Gasteiger partial charge < -0.3 is 0 Å². The summed E-state index contributed by atoms with van der Waals surface area (Å²) in [6.07, 6.45) is -4.44. The van der Waals surface area contributed by atoms with Crippen molar-refractivity contribution in [1.82, 2.24) is 4.68 Å². The summed E-state index contributed by atoms with van der Waals surface area (Å²) in [7, 11) is 0. The number of halogens is 3. The average molecular weight is 306 g/mol. The molecule has 0 aliphatic rings. The quantitative estimate of drug-likeness (QED) is 0.521. The van der Waals surface area contributed by atoms with Crippen LogP contribution in [0, 0.1) is 10.1 Å². The van der Waals surface area contributed by atoms with Crippen LogP contribution in [0.25, 0.3) is 22.2 Å². The van der Waals surface area contributed by atoms with Crippen LogP contribution < -0.4 is 0 Å². The molecule has 0 unspecified atom stereocenters. The minimum Gasteiger partial charge on any atom is -0.234 e. The molecule has 0 spiro atoms. The first-order valence-corrected chi connectivity index (χ1v) is 6.31. The Morgan fingerprint density at radius 1 is 1.00 bits per heavy atom. The van der Waals surface area contributed by atoms with Crippen LogP contribution in [0.2, 0.25) is 0 Å². The second kappa shape index (κ2) is 4.87. The van der Waals surface area contributed by atoms with Gasteiger partial charge >= 0.3 is 6.18 Å². The first kappa shape index (κ1) is 14.1. The lowest BCUT2D eigenvalue weighted by molar-refractivity contribution is -0.535. The van der Waals surface area contributed by atoms with Crippen molar-refractivity contribution in [3.8, 4) is 11.3 Å². The van der Waals surface area contributed by atoms with Gasteiger partial charge in [-0.15, -0.1) is 0 Å². The molecular formula is C15H9F3N2O2. The van der Waals surface area contributed by atoms with Crippen LogP contribution in [0.1, 0.15) is 5.56 Å². The van der Waals surface area contributed by atoms with Gasteiger partial charge in [-0.25, -0.2) is 10.1 Å². The zero-order valence-electron chi connectivity index (χ0n) is 11.0. The van der Waals surface area contributed by atoms with E-state index in [0.29, 0.717) is 16.5 Å². The van der Waals surface area contributed by atoms with Crippen LogP contribution in [0.15, 0.2) is 54.6 Å². The third-order valence-corrected chi connectivity index (χ3v) is 3.36. The summed E-state index contributed by atoms with van der Waals surface area (Å²) in [5.74, 6) is 0. The Morgan fingerprint density at radius 3 is 2.23 bits per heavy atom. The Labute approximate surface area is 122 Å². The van der Waals surface area contributed by atoms with Crippen LogP contribution >= 0.6 is 0 Å². The Morgan fingerprint density at radius 2 is 1.64 bits per heavy atom. The third-order valence-electron chi connectivity index (χ3n) is 3.36. The molecule has 0 aliphatic carbocycles. The fourth-order valence-corrected chi connectivity index (χ4v) is 2.35. The van der Waals surface area contributed by atoms with Crippen molar-refractivity contribution in [1.29, 1.82) is 0 Å². The van der Waals surface area contributed by atoms with Gasteiger partial charge in [-0.05, 0) is 24.3 Å². The summed E-state index contributed by atoms with van der Waals surface area (Å²) in [5.41, 5.74) is 0.184. The van der Waals surface area contributed by atoms with Crippen molar-refractivity contribution in [3.05, 3.63) is 70.3 Å². The van der Waals surface area contributed by atoms with Crippen LogP contribution in [-0.4, -0.2) is 9.71 Å². The van der Waals surface area contributed by atoms with Gasteiger partial charge in [0, 0.05) is 10.9 Å². The molecule has 0 amide bonds. The van der Waals surface area contributed by atoms with Crippen molar-refractivity contribution in [2.45, 2.75) is 6.18 Å². The van der Waals surface area contributed by atoms with Gasteiger partial charge in [0.15, 0.2) is 5.03 Å². The first-order valence-electron chi connectivity index (χ1n) is 6.31. The minimum absolute atomic E-state index is 0.236. The smallest absolute Gasteiger partial charge is 0.234 e. The maximum atomic E-state index is 12.6. The number of nitrogens with zero attached hydrogens (tertiary/aromatic N) is 2. The maximum absolute atomic E-state index is 12.6. The van der Waals surface area contributed by atoms with Gasteiger partial charge in [-0.3, -0.25) is 0 Å². The lowest BCUT2D eigenvalue weighted by atomic mass is 10.1. The molecule has 22 heavy (non-hydrogen) atoms. The molecule has 3 rings (SSSR count). The number of para-hydroxylation sites is 1. The van der Waals surface area contributed by atoms with E-state index in [1.54, 1.807) is 30.3 Å². The molecule has 7 heteroatoms. The van der Waals surface area contributed by atoms with Crippen molar-refractivity contribution in [2.75, 3.05) is 0 Å². The van der Waals surface area contributed by atoms with Crippen LogP contribution in [-0.2, 0) is 6.18 Å². The number of fused-ring (bicyclic) bond motifs is 1. The van der Waals surface area contributed by atoms with E-state index in [9.17, 15) is 23.3 Å². The molecule has 0 saturated heterocycles. The van der Waals surface area contributed by atoms with Crippen molar-refractivity contribution in [3.63, 3.8) is 0 Å². The minimum atomic E-state index is -4.44. The molecule has 3 aromatic rings. The molecule has 112 valence electrons. The molecule has 0 atom stereocenters. The van der Waals surface area contributed by atoms with Crippen LogP contribution in [0.4, 0.5) is 13.2 Å². The fourth-order valence-electron chi connectivity index (χ4n) is 2.35. The zero-order valence-corrected chi connectivity index (χ0v) is 11.0. The SMILES string of the molecule is O=[N+]([O-])n1c(-c2ccc(C(F)(F)F)cc2)cc2ccccc21. The largest absolute Gasteiger partial charge is 0.416 e.